The lowest BCUT2D eigenvalue weighted by Gasteiger charge is -2.17. The van der Waals surface area contributed by atoms with Gasteiger partial charge >= 0.3 is 7.60 Å². The van der Waals surface area contributed by atoms with Crippen LogP contribution in [0.25, 0.3) is 11.2 Å². The number of imidazole rings is 1. The van der Waals surface area contributed by atoms with Gasteiger partial charge in [0, 0.05) is 6.61 Å². The molecule has 2 atom stereocenters. The normalized spacial score (nSPS) is 15.7. The second kappa shape index (κ2) is 7.94. The topological polar surface area (TPSA) is 120 Å². The Morgan fingerprint density at radius 3 is 2.91 bits per heavy atom. The van der Waals surface area contributed by atoms with E-state index in [0.29, 0.717) is 18.6 Å². The summed E-state index contributed by atoms with van der Waals surface area (Å²) in [6.45, 7) is 4.00. The van der Waals surface area contributed by atoms with Gasteiger partial charge in [0.25, 0.3) is 0 Å². The van der Waals surface area contributed by atoms with Crippen LogP contribution in [0.3, 0.4) is 0 Å². The van der Waals surface area contributed by atoms with Crippen molar-refractivity contribution in [1.82, 2.24) is 19.5 Å². The highest BCUT2D eigenvalue weighted by atomic mass is 31.2. The minimum absolute atomic E-state index is 0.0182. The fourth-order valence-electron chi connectivity index (χ4n) is 1.99. The summed E-state index contributed by atoms with van der Waals surface area (Å²) in [5, 5.41) is 8.63. The number of ether oxygens (including phenoxy) is 1. The van der Waals surface area contributed by atoms with E-state index >= 15 is 0 Å². The van der Waals surface area contributed by atoms with Crippen molar-refractivity contribution >= 4 is 18.8 Å². The molecule has 9 nitrogen and oxygen atoms in total. The molecule has 0 aliphatic carbocycles. The molecule has 2 N–H and O–H groups in total. The summed E-state index contributed by atoms with van der Waals surface area (Å²) in [5.74, 6) is 0. The Balaban J connectivity index is 1.90. The van der Waals surface area contributed by atoms with Crippen molar-refractivity contribution in [3.8, 4) is 0 Å². The maximum atomic E-state index is 11.7. The van der Waals surface area contributed by atoms with Gasteiger partial charge in [-0.1, -0.05) is 0 Å². The smallest absolute Gasteiger partial charge is 0.353 e. The third-order valence-corrected chi connectivity index (χ3v) is 4.22. The van der Waals surface area contributed by atoms with Crippen LogP contribution in [0.4, 0.5) is 0 Å². The summed E-state index contributed by atoms with van der Waals surface area (Å²) in [7, 11) is -3.81. The number of aromatic nitrogens is 4. The van der Waals surface area contributed by atoms with Crippen LogP contribution in [0, 0.1) is 6.92 Å². The largest absolute Gasteiger partial charge is 0.396 e. The molecule has 0 aromatic carbocycles. The van der Waals surface area contributed by atoms with Crippen LogP contribution in [0.5, 0.6) is 0 Å². The Bertz CT molecular complexity index is 692. The van der Waals surface area contributed by atoms with Gasteiger partial charge in [-0.3, -0.25) is 4.57 Å². The molecule has 128 valence electrons. The average molecular weight is 344 g/mol. The minimum atomic E-state index is -3.81. The second-order valence-electron chi connectivity index (χ2n) is 5.18. The predicted octanol–water partition coefficient (Wildman–Crippen LogP) is 1.08. The average Bonchev–Trinajstić information content (AvgIpc) is 2.90. The van der Waals surface area contributed by atoms with Crippen molar-refractivity contribution in [3.05, 3.63) is 18.3 Å². The molecule has 10 heteroatoms. The van der Waals surface area contributed by atoms with Gasteiger partial charge in [0.1, 0.15) is 18.2 Å². The van der Waals surface area contributed by atoms with E-state index in [-0.39, 0.29) is 19.3 Å². The van der Waals surface area contributed by atoms with Gasteiger partial charge in [-0.15, -0.1) is 0 Å². The van der Waals surface area contributed by atoms with Crippen molar-refractivity contribution < 1.29 is 23.8 Å². The highest BCUT2D eigenvalue weighted by Crippen LogP contribution is 2.42. The first-order valence-electron chi connectivity index (χ1n) is 7.24. The molecule has 1 unspecified atom stereocenters. The van der Waals surface area contributed by atoms with Gasteiger partial charge < -0.3 is 23.8 Å². The number of hydrogen-bond donors (Lipinski definition) is 2. The van der Waals surface area contributed by atoms with Crippen LogP contribution < -0.4 is 0 Å². The fourth-order valence-corrected chi connectivity index (χ4v) is 2.92. The molecule has 2 rings (SSSR count). The zero-order valence-corrected chi connectivity index (χ0v) is 14.0. The zero-order valence-electron chi connectivity index (χ0n) is 13.1. The van der Waals surface area contributed by atoms with E-state index in [4.69, 9.17) is 14.4 Å². The lowest BCUT2D eigenvalue weighted by Crippen LogP contribution is -2.17. The van der Waals surface area contributed by atoms with Crippen LogP contribution >= 0.6 is 7.60 Å². The molecule has 2 aromatic rings. The Hall–Kier alpha value is -1.38. The Morgan fingerprint density at radius 2 is 2.17 bits per heavy atom. The molecule has 0 saturated carbocycles. The third kappa shape index (κ3) is 5.05. The monoisotopic (exact) mass is 344 g/mol. The lowest BCUT2D eigenvalue weighted by atomic mass is 10.4. The van der Waals surface area contributed by atoms with Gasteiger partial charge in [-0.2, -0.15) is 0 Å². The number of fused-ring (bicyclic) bond motifs is 1. The highest BCUT2D eigenvalue weighted by molar-refractivity contribution is 7.52. The first-order valence-corrected chi connectivity index (χ1v) is 9.00. The molecule has 2 aromatic heterocycles. The quantitative estimate of drug-likeness (QED) is 0.512. The highest BCUT2D eigenvalue weighted by Gasteiger charge is 2.21. The molecular formula is C13H21N4O5P. The standard InChI is InChI=1S/C13H21N4O5P/c1-10(21-9-23(19,20)22-5-3-4-18)6-17-8-16-12-11(2)14-7-15-13(12)17/h7-8,10,18H,3-6,9H2,1-2H3,(H,19,20)/t10-/m1/s1. The number of aliphatic hydroxyl groups is 1. The third-order valence-electron chi connectivity index (χ3n) is 3.16. The van der Waals surface area contributed by atoms with Crippen LogP contribution in [0.15, 0.2) is 12.7 Å². The molecule has 0 aliphatic heterocycles. The number of nitrogens with zero attached hydrogens (tertiary/aromatic N) is 4. The molecule has 0 fully saturated rings. The Labute approximate surface area is 133 Å². The minimum Gasteiger partial charge on any atom is -0.396 e. The molecule has 23 heavy (non-hydrogen) atoms. The van der Waals surface area contributed by atoms with Crippen molar-refractivity contribution in [2.45, 2.75) is 32.9 Å². The molecular weight excluding hydrogens is 323 g/mol. The maximum absolute atomic E-state index is 11.7. The van der Waals surface area contributed by atoms with Gasteiger partial charge in [0.2, 0.25) is 0 Å². The molecule has 0 radical (unpaired) electrons. The molecule has 0 aliphatic rings. The van der Waals surface area contributed by atoms with Crippen molar-refractivity contribution in [3.63, 3.8) is 0 Å². The lowest BCUT2D eigenvalue weighted by molar-refractivity contribution is 0.0709. The van der Waals surface area contributed by atoms with Crippen LogP contribution in [-0.2, 0) is 20.4 Å². The van der Waals surface area contributed by atoms with Crippen LogP contribution in [-0.4, -0.2) is 55.2 Å². The predicted molar refractivity (Wildman–Crippen MR) is 83.0 cm³/mol. The number of aliphatic hydroxyl groups excluding tert-OH is 1. The van der Waals surface area contributed by atoms with E-state index in [9.17, 15) is 9.46 Å². The SMILES string of the molecule is Cc1ncnc2c1ncn2C[C@@H](C)OCP(=O)(O)OCCCO. The van der Waals surface area contributed by atoms with Crippen molar-refractivity contribution in [1.29, 1.82) is 0 Å². The van der Waals surface area contributed by atoms with E-state index < -0.39 is 13.9 Å². The van der Waals surface area contributed by atoms with Crippen LogP contribution in [0.2, 0.25) is 0 Å². The van der Waals surface area contributed by atoms with Crippen molar-refractivity contribution in [2.24, 2.45) is 0 Å². The van der Waals surface area contributed by atoms with Crippen LogP contribution in [0.1, 0.15) is 19.0 Å². The van der Waals surface area contributed by atoms with E-state index in [1.807, 2.05) is 11.5 Å². The first kappa shape index (κ1) is 18.0. The number of rotatable bonds is 9. The molecule has 0 spiro atoms. The summed E-state index contributed by atoms with van der Waals surface area (Å²) in [5.41, 5.74) is 2.21. The van der Waals surface area contributed by atoms with E-state index in [1.54, 1.807) is 13.3 Å². The number of aryl methyl sites for hydroxylation is 1. The van der Waals surface area contributed by atoms with E-state index in [0.717, 1.165) is 11.2 Å². The van der Waals surface area contributed by atoms with E-state index in [1.165, 1.54) is 6.33 Å². The van der Waals surface area contributed by atoms with Gasteiger partial charge in [0.05, 0.1) is 31.3 Å². The fraction of sp³-hybridized carbons (Fsp3) is 0.615. The van der Waals surface area contributed by atoms with Gasteiger partial charge in [0.15, 0.2) is 5.65 Å². The molecule has 0 amide bonds. The summed E-state index contributed by atoms with van der Waals surface area (Å²) < 4.78 is 23.8. The summed E-state index contributed by atoms with van der Waals surface area (Å²) in [6.07, 6.45) is 2.69. The molecule has 0 bridgehead atoms. The van der Waals surface area contributed by atoms with Gasteiger partial charge in [-0.25, -0.2) is 15.0 Å². The first-order chi connectivity index (χ1) is 10.9. The molecule has 2 heterocycles. The summed E-state index contributed by atoms with van der Waals surface area (Å²) in [6, 6.07) is 0. The summed E-state index contributed by atoms with van der Waals surface area (Å²) >= 11 is 0. The summed E-state index contributed by atoms with van der Waals surface area (Å²) in [4.78, 5) is 22.1. The molecule has 0 saturated heterocycles. The second-order valence-corrected chi connectivity index (χ2v) is 6.97. The maximum Gasteiger partial charge on any atom is 0.353 e. The number of hydrogen-bond acceptors (Lipinski definition) is 7. The zero-order chi connectivity index (χ0) is 16.9. The van der Waals surface area contributed by atoms with Gasteiger partial charge in [-0.05, 0) is 20.3 Å². The Morgan fingerprint density at radius 1 is 1.39 bits per heavy atom. The Kier molecular flexibility index (Phi) is 6.20. The van der Waals surface area contributed by atoms with Crippen molar-refractivity contribution in [2.75, 3.05) is 19.6 Å². The van der Waals surface area contributed by atoms with E-state index in [2.05, 4.69) is 15.0 Å².